The fourth-order valence-corrected chi connectivity index (χ4v) is 4.75. The van der Waals surface area contributed by atoms with Gasteiger partial charge in [-0.05, 0) is 52.6 Å². The predicted octanol–water partition coefficient (Wildman–Crippen LogP) is 5.09. The first-order chi connectivity index (χ1) is 16.8. The van der Waals surface area contributed by atoms with Crippen LogP contribution in [0.3, 0.4) is 0 Å². The van der Waals surface area contributed by atoms with Crippen LogP contribution in [0.2, 0.25) is 0 Å². The predicted molar refractivity (Wildman–Crippen MR) is 135 cm³/mol. The van der Waals surface area contributed by atoms with Crippen LogP contribution in [0.5, 0.6) is 5.75 Å². The summed E-state index contributed by atoms with van der Waals surface area (Å²) in [6.07, 6.45) is 0. The number of fused-ring (bicyclic) bond motifs is 3. The van der Waals surface area contributed by atoms with Gasteiger partial charge < -0.3 is 18.6 Å². The minimum absolute atomic E-state index is 0.240. The maximum absolute atomic E-state index is 13.2. The molecule has 35 heavy (non-hydrogen) atoms. The zero-order valence-electron chi connectivity index (χ0n) is 20.7. The monoisotopic (exact) mass is 472 g/mol. The van der Waals surface area contributed by atoms with Crippen molar-refractivity contribution in [1.82, 2.24) is 19.6 Å². The third-order valence-corrected chi connectivity index (χ3v) is 6.37. The molecule has 0 fully saturated rings. The van der Waals surface area contributed by atoms with Gasteiger partial charge >= 0.3 is 5.76 Å². The minimum atomic E-state index is -0.417. The van der Waals surface area contributed by atoms with E-state index in [1.807, 2.05) is 82.2 Å². The Morgan fingerprint density at radius 2 is 1.89 bits per heavy atom. The Hall–Kier alpha value is -3.91. The fraction of sp³-hybridized carbons (Fsp3) is 0.296. The first-order valence-corrected chi connectivity index (χ1v) is 11.5. The van der Waals surface area contributed by atoms with E-state index in [0.29, 0.717) is 34.8 Å². The number of oxazole rings is 1. The van der Waals surface area contributed by atoms with Crippen molar-refractivity contribution in [3.8, 4) is 16.9 Å². The lowest BCUT2D eigenvalue weighted by atomic mass is 9.99. The summed E-state index contributed by atoms with van der Waals surface area (Å²) in [5, 5.41) is 4.89. The van der Waals surface area contributed by atoms with Crippen LogP contribution in [-0.2, 0) is 6.54 Å². The van der Waals surface area contributed by atoms with Gasteiger partial charge in [0.25, 0.3) is 0 Å². The Bertz CT molecular complexity index is 1580. The molecule has 180 valence electrons. The Morgan fingerprint density at radius 3 is 2.51 bits per heavy atom. The number of aromatic nitrogens is 3. The number of nitrogens with zero attached hydrogens (tertiary/aromatic N) is 4. The molecule has 5 rings (SSSR count). The summed E-state index contributed by atoms with van der Waals surface area (Å²) < 4.78 is 18.8. The molecule has 3 aromatic heterocycles. The van der Waals surface area contributed by atoms with Crippen molar-refractivity contribution >= 4 is 22.0 Å². The summed E-state index contributed by atoms with van der Waals surface area (Å²) in [6.45, 7) is 6.30. The van der Waals surface area contributed by atoms with Gasteiger partial charge in [0.15, 0.2) is 5.58 Å². The van der Waals surface area contributed by atoms with E-state index in [0.717, 1.165) is 33.3 Å². The highest BCUT2D eigenvalue weighted by Crippen LogP contribution is 2.40. The topological polar surface area (TPSA) is 86.5 Å². The number of pyridine rings is 1. The molecule has 0 aliphatic carbocycles. The van der Waals surface area contributed by atoms with Crippen LogP contribution in [-0.4, -0.2) is 40.8 Å². The molecule has 1 atom stereocenters. The summed E-state index contributed by atoms with van der Waals surface area (Å²) in [5.74, 6) is 0.926. The van der Waals surface area contributed by atoms with Gasteiger partial charge in [-0.25, -0.2) is 9.78 Å². The second-order valence-corrected chi connectivity index (χ2v) is 9.07. The lowest BCUT2D eigenvalue weighted by Crippen LogP contribution is -2.19. The number of benzene rings is 2. The molecule has 0 spiro atoms. The van der Waals surface area contributed by atoms with Crippen LogP contribution in [0.1, 0.15) is 35.7 Å². The highest BCUT2D eigenvalue weighted by Gasteiger charge is 2.25. The first kappa shape index (κ1) is 22.9. The number of ether oxygens (including phenoxy) is 1. The van der Waals surface area contributed by atoms with Crippen LogP contribution in [0, 0.1) is 13.8 Å². The third kappa shape index (κ3) is 3.80. The number of aryl methyl sites for hydroxylation is 2. The maximum Gasteiger partial charge on any atom is 0.420 e. The molecular weight excluding hydrogens is 444 g/mol. The number of hydrogen-bond acceptors (Lipinski definition) is 7. The van der Waals surface area contributed by atoms with Gasteiger partial charge in [-0.2, -0.15) is 0 Å². The highest BCUT2D eigenvalue weighted by molar-refractivity contribution is 6.05. The molecule has 1 unspecified atom stereocenters. The molecule has 0 bridgehead atoms. The number of hydrogen-bond donors (Lipinski definition) is 0. The van der Waals surface area contributed by atoms with Gasteiger partial charge in [-0.15, -0.1) is 0 Å². The molecule has 0 saturated carbocycles. The van der Waals surface area contributed by atoms with E-state index in [2.05, 4.69) is 5.16 Å². The molecule has 0 saturated heterocycles. The van der Waals surface area contributed by atoms with E-state index in [1.165, 1.54) is 0 Å². The lowest BCUT2D eigenvalue weighted by molar-refractivity contribution is 0.393. The van der Waals surface area contributed by atoms with Crippen molar-refractivity contribution in [3.63, 3.8) is 0 Å². The Kier molecular flexibility index (Phi) is 5.68. The van der Waals surface area contributed by atoms with Gasteiger partial charge in [-0.3, -0.25) is 4.57 Å². The van der Waals surface area contributed by atoms with E-state index in [4.69, 9.17) is 18.7 Å². The second kappa shape index (κ2) is 8.70. The minimum Gasteiger partial charge on any atom is -0.496 e. The molecule has 3 heterocycles. The molecule has 0 radical (unpaired) electrons. The quantitative estimate of drug-likeness (QED) is 0.340. The number of rotatable bonds is 6. The fourth-order valence-electron chi connectivity index (χ4n) is 4.75. The van der Waals surface area contributed by atoms with Crippen molar-refractivity contribution in [2.24, 2.45) is 0 Å². The molecule has 0 aliphatic heterocycles. The average Bonchev–Trinajstić information content (AvgIpc) is 3.36. The summed E-state index contributed by atoms with van der Waals surface area (Å²) in [7, 11) is 5.55. The molecular formula is C27H28N4O4. The van der Waals surface area contributed by atoms with Crippen LogP contribution in [0.4, 0.5) is 0 Å². The first-order valence-electron chi connectivity index (χ1n) is 11.5. The van der Waals surface area contributed by atoms with Crippen molar-refractivity contribution in [3.05, 3.63) is 75.7 Å². The van der Waals surface area contributed by atoms with Crippen LogP contribution >= 0.6 is 0 Å². The SMILES string of the molecule is COc1cc2c(cc1-c1c(C)noc1C)nc(CN(C)C)c1oc(=O)n(C(C)c3ccccc3)c12. The van der Waals surface area contributed by atoms with Gasteiger partial charge in [0.05, 0.1) is 29.9 Å². The van der Waals surface area contributed by atoms with E-state index in [9.17, 15) is 4.79 Å². The van der Waals surface area contributed by atoms with Gasteiger partial charge in [0.2, 0.25) is 0 Å². The summed E-state index contributed by atoms with van der Waals surface area (Å²) in [5.41, 5.74) is 6.13. The smallest absolute Gasteiger partial charge is 0.420 e. The van der Waals surface area contributed by atoms with Crippen molar-refractivity contribution in [2.45, 2.75) is 33.4 Å². The third-order valence-electron chi connectivity index (χ3n) is 6.37. The highest BCUT2D eigenvalue weighted by atomic mass is 16.5. The Morgan fingerprint density at radius 1 is 1.14 bits per heavy atom. The molecule has 0 N–H and O–H groups in total. The van der Waals surface area contributed by atoms with E-state index in [-0.39, 0.29) is 6.04 Å². The largest absolute Gasteiger partial charge is 0.496 e. The van der Waals surface area contributed by atoms with E-state index in [1.54, 1.807) is 11.7 Å². The van der Waals surface area contributed by atoms with Gasteiger partial charge in [0.1, 0.15) is 22.7 Å². The van der Waals surface area contributed by atoms with Crippen molar-refractivity contribution in [1.29, 1.82) is 0 Å². The van der Waals surface area contributed by atoms with Crippen molar-refractivity contribution < 1.29 is 13.7 Å². The lowest BCUT2D eigenvalue weighted by Gasteiger charge is -2.17. The molecule has 0 amide bonds. The summed E-state index contributed by atoms with van der Waals surface area (Å²) >= 11 is 0. The summed E-state index contributed by atoms with van der Waals surface area (Å²) in [6, 6.07) is 13.6. The van der Waals surface area contributed by atoms with Gasteiger partial charge in [0, 0.05) is 17.5 Å². The normalized spacial score (nSPS) is 12.7. The average molecular weight is 473 g/mol. The second-order valence-electron chi connectivity index (χ2n) is 9.07. The zero-order valence-corrected chi connectivity index (χ0v) is 20.7. The van der Waals surface area contributed by atoms with E-state index < -0.39 is 5.76 Å². The van der Waals surface area contributed by atoms with Crippen molar-refractivity contribution in [2.75, 3.05) is 21.2 Å². The number of methoxy groups -OCH3 is 1. The summed E-state index contributed by atoms with van der Waals surface area (Å²) in [4.78, 5) is 20.2. The van der Waals surface area contributed by atoms with E-state index >= 15 is 0 Å². The maximum atomic E-state index is 13.2. The van der Waals surface area contributed by atoms with Crippen LogP contribution < -0.4 is 10.5 Å². The van der Waals surface area contributed by atoms with Crippen LogP contribution in [0.25, 0.3) is 33.1 Å². The molecule has 0 aliphatic rings. The van der Waals surface area contributed by atoms with Gasteiger partial charge in [-0.1, -0.05) is 35.5 Å². The molecule has 8 nitrogen and oxygen atoms in total. The Balaban J connectivity index is 1.88. The standard InChI is InChI=1S/C27H28N4O4/c1-15-24(17(3)35-29-15)20-12-21-19(13-23(20)33-6)25-26(22(28-21)14-30(4)5)34-27(32)31(25)16(2)18-10-8-7-9-11-18/h7-13,16H,14H2,1-6H3. The molecule has 2 aromatic carbocycles. The Labute approximate surface area is 202 Å². The molecule has 8 heteroatoms. The van der Waals surface area contributed by atoms with Crippen LogP contribution in [0.15, 0.2) is 56.2 Å². The molecule has 5 aromatic rings. The zero-order chi connectivity index (χ0) is 24.9.